The van der Waals surface area contributed by atoms with Gasteiger partial charge in [0.2, 0.25) is 0 Å². The van der Waals surface area contributed by atoms with E-state index in [9.17, 15) is 22.4 Å². The largest absolute Gasteiger partial charge is 0.471 e. The maximum absolute atomic E-state index is 13.3. The van der Waals surface area contributed by atoms with Crippen LogP contribution in [0.3, 0.4) is 0 Å². The second-order valence-corrected chi connectivity index (χ2v) is 8.04. The van der Waals surface area contributed by atoms with Crippen LogP contribution in [0.5, 0.6) is 0 Å². The van der Waals surface area contributed by atoms with Gasteiger partial charge in [0.25, 0.3) is 0 Å². The molecule has 2 aromatic rings. The highest BCUT2D eigenvalue weighted by atomic mass is 35.5. The molecule has 2 atom stereocenters. The van der Waals surface area contributed by atoms with E-state index in [4.69, 9.17) is 11.6 Å². The molecular weight excluding hydrogens is 424 g/mol. The highest BCUT2D eigenvalue weighted by Crippen LogP contribution is 2.39. The minimum absolute atomic E-state index is 0.112. The van der Waals surface area contributed by atoms with E-state index < -0.39 is 29.9 Å². The molecule has 1 aromatic carbocycles. The quantitative estimate of drug-likeness (QED) is 0.570. The van der Waals surface area contributed by atoms with Crippen molar-refractivity contribution in [2.75, 3.05) is 18.0 Å². The molecule has 1 aliphatic heterocycles. The summed E-state index contributed by atoms with van der Waals surface area (Å²) < 4.78 is 52.0. The molecule has 1 aliphatic carbocycles. The number of aromatic nitrogens is 2. The molecule has 1 aromatic heterocycles. The Balaban J connectivity index is 1.60. The molecule has 10 heteroatoms. The number of piperidine rings is 1. The molecule has 1 amide bonds. The van der Waals surface area contributed by atoms with Gasteiger partial charge in [-0.3, -0.25) is 4.79 Å². The van der Waals surface area contributed by atoms with Gasteiger partial charge in [0.15, 0.2) is 0 Å². The number of nitrogens with one attached hydrogen (secondary N) is 1. The van der Waals surface area contributed by atoms with Crippen molar-refractivity contribution in [3.05, 3.63) is 52.7 Å². The fourth-order valence-electron chi connectivity index (χ4n) is 3.77. The third-order valence-electron chi connectivity index (χ3n) is 5.45. The van der Waals surface area contributed by atoms with Gasteiger partial charge < -0.3 is 10.2 Å². The Hall–Kier alpha value is -2.42. The summed E-state index contributed by atoms with van der Waals surface area (Å²) in [5.74, 6) is -1.40. The summed E-state index contributed by atoms with van der Waals surface area (Å²) in [6.07, 6.45) is -2.57. The van der Waals surface area contributed by atoms with Gasteiger partial charge in [-0.25, -0.2) is 14.4 Å². The predicted molar refractivity (Wildman–Crippen MR) is 103 cm³/mol. The van der Waals surface area contributed by atoms with Gasteiger partial charge in [-0.2, -0.15) is 13.2 Å². The Morgan fingerprint density at radius 1 is 1.13 bits per heavy atom. The van der Waals surface area contributed by atoms with E-state index in [1.807, 2.05) is 0 Å². The van der Waals surface area contributed by atoms with Crippen LogP contribution >= 0.6 is 11.6 Å². The zero-order valence-electron chi connectivity index (χ0n) is 15.8. The van der Waals surface area contributed by atoms with E-state index in [-0.39, 0.29) is 17.6 Å². The number of amides is 1. The van der Waals surface area contributed by atoms with Crippen molar-refractivity contribution in [2.24, 2.45) is 0 Å². The van der Waals surface area contributed by atoms with E-state index in [0.717, 1.165) is 12.8 Å². The summed E-state index contributed by atoms with van der Waals surface area (Å²) in [5, 5.41) is 2.39. The first-order chi connectivity index (χ1) is 14.2. The number of carbonyl (C=O) groups is 1. The average molecular weight is 443 g/mol. The highest BCUT2D eigenvalue weighted by molar-refractivity contribution is 6.29. The van der Waals surface area contributed by atoms with E-state index in [0.29, 0.717) is 30.2 Å². The second-order valence-electron chi connectivity index (χ2n) is 7.65. The maximum Gasteiger partial charge on any atom is 0.471 e. The van der Waals surface area contributed by atoms with Crippen molar-refractivity contribution in [3.8, 4) is 0 Å². The van der Waals surface area contributed by atoms with E-state index >= 15 is 0 Å². The Morgan fingerprint density at radius 2 is 1.83 bits per heavy atom. The zero-order chi connectivity index (χ0) is 21.5. The SMILES string of the molecule is O=C(NC1CN(c2cc(Cl)nc(C3CC3)n2)CCC1c1ccc(F)cc1)C(F)(F)F. The topological polar surface area (TPSA) is 58.1 Å². The molecule has 1 saturated carbocycles. The summed E-state index contributed by atoms with van der Waals surface area (Å²) in [6, 6.07) is 6.34. The number of rotatable bonds is 4. The van der Waals surface area contributed by atoms with Crippen molar-refractivity contribution in [1.82, 2.24) is 15.3 Å². The maximum atomic E-state index is 13.3. The van der Waals surface area contributed by atoms with Crippen LogP contribution in [0.4, 0.5) is 23.4 Å². The van der Waals surface area contributed by atoms with Gasteiger partial charge >= 0.3 is 12.1 Å². The van der Waals surface area contributed by atoms with Crippen LogP contribution in [0, 0.1) is 5.82 Å². The molecule has 160 valence electrons. The lowest BCUT2D eigenvalue weighted by atomic mass is 9.85. The Labute approximate surface area is 175 Å². The molecule has 5 nitrogen and oxygen atoms in total. The molecule has 1 saturated heterocycles. The monoisotopic (exact) mass is 442 g/mol. The minimum atomic E-state index is -4.99. The number of carbonyl (C=O) groups excluding carboxylic acids is 1. The normalized spacial score (nSPS) is 22.1. The molecule has 0 radical (unpaired) electrons. The highest BCUT2D eigenvalue weighted by Gasteiger charge is 2.42. The lowest BCUT2D eigenvalue weighted by Gasteiger charge is -2.40. The molecular formula is C20H19ClF4N4O. The van der Waals surface area contributed by atoms with Crippen LogP contribution in [-0.4, -0.2) is 41.2 Å². The van der Waals surface area contributed by atoms with Crippen LogP contribution in [0.1, 0.15) is 42.5 Å². The van der Waals surface area contributed by atoms with Gasteiger partial charge in [0, 0.05) is 31.0 Å². The molecule has 0 spiro atoms. The second kappa shape index (κ2) is 8.02. The molecule has 1 N–H and O–H groups in total. The van der Waals surface area contributed by atoms with Gasteiger partial charge in [-0.15, -0.1) is 0 Å². The lowest BCUT2D eigenvalue weighted by Crippen LogP contribution is -2.54. The molecule has 2 fully saturated rings. The van der Waals surface area contributed by atoms with Crippen molar-refractivity contribution >= 4 is 23.3 Å². The number of hydrogen-bond donors (Lipinski definition) is 1. The molecule has 0 bridgehead atoms. The van der Waals surface area contributed by atoms with Gasteiger partial charge in [0.1, 0.15) is 22.6 Å². The van der Waals surface area contributed by atoms with Crippen molar-refractivity contribution < 1.29 is 22.4 Å². The standard InChI is InChI=1S/C20H19ClF4N4O/c21-16-9-17(28-18(27-16)12-1-2-12)29-8-7-14(11-3-5-13(22)6-4-11)15(10-29)26-19(30)20(23,24)25/h3-6,9,12,14-15H,1-2,7-8,10H2,(H,26,30). The molecule has 4 rings (SSSR count). The van der Waals surface area contributed by atoms with E-state index in [1.54, 1.807) is 11.0 Å². The number of hydrogen-bond acceptors (Lipinski definition) is 4. The van der Waals surface area contributed by atoms with Gasteiger partial charge in [-0.1, -0.05) is 23.7 Å². The predicted octanol–water partition coefficient (Wildman–Crippen LogP) is 4.19. The van der Waals surface area contributed by atoms with Crippen LogP contribution in [-0.2, 0) is 4.79 Å². The fourth-order valence-corrected chi connectivity index (χ4v) is 3.96. The third-order valence-corrected chi connectivity index (χ3v) is 5.64. The summed E-state index contributed by atoms with van der Waals surface area (Å²) >= 11 is 6.13. The smallest absolute Gasteiger partial charge is 0.354 e. The minimum Gasteiger partial charge on any atom is -0.354 e. The lowest BCUT2D eigenvalue weighted by molar-refractivity contribution is -0.174. The fraction of sp³-hybridized carbons (Fsp3) is 0.450. The number of anilines is 1. The summed E-state index contributed by atoms with van der Waals surface area (Å²) in [4.78, 5) is 22.2. The van der Waals surface area contributed by atoms with Crippen molar-refractivity contribution in [2.45, 2.75) is 43.3 Å². The number of nitrogens with zero attached hydrogens (tertiary/aromatic N) is 3. The zero-order valence-corrected chi connectivity index (χ0v) is 16.5. The average Bonchev–Trinajstić information content (AvgIpc) is 3.53. The summed E-state index contributed by atoms with van der Waals surface area (Å²) in [7, 11) is 0. The molecule has 2 aliphatic rings. The molecule has 30 heavy (non-hydrogen) atoms. The summed E-state index contributed by atoms with van der Waals surface area (Å²) in [6.45, 7) is 0.610. The van der Waals surface area contributed by atoms with Crippen LogP contribution in [0.15, 0.2) is 30.3 Å². The van der Waals surface area contributed by atoms with E-state index in [2.05, 4.69) is 15.3 Å². The Morgan fingerprint density at radius 3 is 2.47 bits per heavy atom. The van der Waals surface area contributed by atoms with Gasteiger partial charge in [0.05, 0.1) is 6.04 Å². The first kappa shape index (κ1) is 20.8. The van der Waals surface area contributed by atoms with Gasteiger partial charge in [-0.05, 0) is 37.0 Å². The van der Waals surface area contributed by atoms with Crippen LogP contribution in [0.25, 0.3) is 0 Å². The van der Waals surface area contributed by atoms with Crippen LogP contribution in [0.2, 0.25) is 5.15 Å². The number of benzene rings is 1. The third kappa shape index (κ3) is 4.66. The first-order valence-electron chi connectivity index (χ1n) is 9.63. The molecule has 2 unspecified atom stereocenters. The molecule has 2 heterocycles. The number of halogens is 5. The summed E-state index contributed by atoms with van der Waals surface area (Å²) in [5.41, 5.74) is 0.669. The Bertz CT molecular complexity index is 933. The Kier molecular flexibility index (Phi) is 5.57. The first-order valence-corrected chi connectivity index (χ1v) is 10.0. The van der Waals surface area contributed by atoms with Crippen molar-refractivity contribution in [1.29, 1.82) is 0 Å². The van der Waals surface area contributed by atoms with E-state index in [1.165, 1.54) is 24.3 Å². The number of alkyl halides is 3. The van der Waals surface area contributed by atoms with Crippen molar-refractivity contribution in [3.63, 3.8) is 0 Å². The van der Waals surface area contributed by atoms with Crippen LogP contribution < -0.4 is 10.2 Å².